The van der Waals surface area contributed by atoms with Crippen LogP contribution in [-0.4, -0.2) is 47.0 Å². The molecule has 27 heavy (non-hydrogen) atoms. The molecule has 7 heteroatoms. The fourth-order valence-electron chi connectivity index (χ4n) is 3.32. The molecule has 0 amide bonds. The van der Waals surface area contributed by atoms with Crippen molar-refractivity contribution in [1.82, 2.24) is 20.2 Å². The molecule has 7 nitrogen and oxygen atoms in total. The van der Waals surface area contributed by atoms with Gasteiger partial charge in [-0.1, -0.05) is 6.07 Å². The first-order valence-corrected chi connectivity index (χ1v) is 9.15. The summed E-state index contributed by atoms with van der Waals surface area (Å²) in [5.74, 6) is 2.80. The third-order valence-electron chi connectivity index (χ3n) is 4.77. The molecule has 1 aromatic carbocycles. The summed E-state index contributed by atoms with van der Waals surface area (Å²) in [6, 6.07) is 11.6. The van der Waals surface area contributed by atoms with Gasteiger partial charge in [-0.2, -0.15) is 5.10 Å². The summed E-state index contributed by atoms with van der Waals surface area (Å²) in [5.41, 5.74) is 2.19. The number of H-pyrrole nitrogens is 1. The lowest BCUT2D eigenvalue weighted by atomic mass is 10.0. The molecule has 4 rings (SSSR count). The van der Waals surface area contributed by atoms with Crippen LogP contribution in [0, 0.1) is 0 Å². The topological polar surface area (TPSA) is 76.2 Å². The van der Waals surface area contributed by atoms with Crippen LogP contribution in [0.25, 0.3) is 0 Å². The minimum atomic E-state index is 0.401. The van der Waals surface area contributed by atoms with Crippen molar-refractivity contribution >= 4 is 5.95 Å². The van der Waals surface area contributed by atoms with Crippen LogP contribution in [0.1, 0.15) is 23.7 Å². The molecule has 1 N–H and O–H groups in total. The number of nitrogens with zero attached hydrogens (tertiary/aromatic N) is 4. The van der Waals surface area contributed by atoms with Crippen molar-refractivity contribution in [2.75, 3.05) is 31.7 Å². The molecule has 0 saturated carbocycles. The smallest absolute Gasteiger partial charge is 0.225 e. The first-order chi connectivity index (χ1) is 13.3. The highest BCUT2D eigenvalue weighted by Crippen LogP contribution is 2.28. The third kappa shape index (κ3) is 4.19. The largest absolute Gasteiger partial charge is 0.497 e. The van der Waals surface area contributed by atoms with Gasteiger partial charge < -0.3 is 14.4 Å². The summed E-state index contributed by atoms with van der Waals surface area (Å²) >= 11 is 0. The number of hydrogen-bond acceptors (Lipinski definition) is 6. The molecular formula is C20H23N5O2. The monoisotopic (exact) mass is 365 g/mol. The van der Waals surface area contributed by atoms with Gasteiger partial charge in [0.15, 0.2) is 0 Å². The highest BCUT2D eigenvalue weighted by Gasteiger charge is 2.27. The second-order valence-corrected chi connectivity index (χ2v) is 6.58. The summed E-state index contributed by atoms with van der Waals surface area (Å²) in [5, 5.41) is 7.65. The molecule has 1 aliphatic rings. The van der Waals surface area contributed by atoms with Gasteiger partial charge in [0.1, 0.15) is 11.5 Å². The first kappa shape index (κ1) is 17.3. The van der Waals surface area contributed by atoms with E-state index >= 15 is 0 Å². The molecule has 1 saturated heterocycles. The van der Waals surface area contributed by atoms with E-state index in [9.17, 15) is 0 Å². The predicted octanol–water partition coefficient (Wildman–Crippen LogP) is 2.82. The Morgan fingerprint density at radius 1 is 1.15 bits per heavy atom. The van der Waals surface area contributed by atoms with Crippen LogP contribution < -0.4 is 14.4 Å². The molecule has 0 radical (unpaired) electrons. The van der Waals surface area contributed by atoms with Crippen molar-refractivity contribution in [3.63, 3.8) is 0 Å². The van der Waals surface area contributed by atoms with Crippen LogP contribution >= 0.6 is 0 Å². The van der Waals surface area contributed by atoms with E-state index in [1.165, 1.54) is 0 Å². The van der Waals surface area contributed by atoms with Crippen molar-refractivity contribution in [2.45, 2.75) is 18.8 Å². The molecule has 1 aliphatic heterocycles. The summed E-state index contributed by atoms with van der Waals surface area (Å²) in [6.07, 6.45) is 5.40. The van der Waals surface area contributed by atoms with E-state index < -0.39 is 0 Å². The van der Waals surface area contributed by atoms with Crippen molar-refractivity contribution < 1.29 is 9.47 Å². The standard InChI is InChI=1S/C20H23N5O2/c1-26-17-4-2-5-18(13-17)27-11-7-16-12-19(24-23-16)15-6-10-25(14-15)20-21-8-3-9-22-20/h2-5,8-9,12-13,15H,6-7,10-11,14H2,1H3,(H,23,24)/t15-/m0/s1. The van der Waals surface area contributed by atoms with Crippen molar-refractivity contribution in [1.29, 1.82) is 0 Å². The Morgan fingerprint density at radius 2 is 2.00 bits per heavy atom. The maximum atomic E-state index is 5.81. The fourth-order valence-corrected chi connectivity index (χ4v) is 3.32. The Morgan fingerprint density at radius 3 is 2.85 bits per heavy atom. The zero-order valence-corrected chi connectivity index (χ0v) is 15.3. The number of aromatic amines is 1. The SMILES string of the molecule is COc1cccc(OCCc2cc([C@H]3CCN(c4ncccn4)C3)n[nH]2)c1. The highest BCUT2D eigenvalue weighted by atomic mass is 16.5. The molecule has 3 aromatic rings. The molecule has 0 unspecified atom stereocenters. The van der Waals surface area contributed by atoms with Gasteiger partial charge in [0.05, 0.1) is 19.4 Å². The quantitative estimate of drug-likeness (QED) is 0.694. The number of hydrogen-bond donors (Lipinski definition) is 1. The second kappa shape index (κ2) is 8.07. The zero-order chi connectivity index (χ0) is 18.5. The zero-order valence-electron chi connectivity index (χ0n) is 15.3. The summed E-state index contributed by atoms with van der Waals surface area (Å²) in [7, 11) is 1.65. The normalized spacial score (nSPS) is 16.5. The maximum absolute atomic E-state index is 5.81. The van der Waals surface area contributed by atoms with Gasteiger partial charge in [0.2, 0.25) is 5.95 Å². The molecule has 1 atom stereocenters. The number of methoxy groups -OCH3 is 1. The Hall–Kier alpha value is -3.09. The Kier molecular flexibility index (Phi) is 5.18. The van der Waals surface area contributed by atoms with Crippen molar-refractivity contribution in [2.24, 2.45) is 0 Å². The summed E-state index contributed by atoms with van der Waals surface area (Å²) in [4.78, 5) is 10.9. The lowest BCUT2D eigenvalue weighted by molar-refractivity contribution is 0.317. The molecule has 1 fully saturated rings. The van der Waals surface area contributed by atoms with Crippen LogP contribution in [0.4, 0.5) is 5.95 Å². The van der Waals surface area contributed by atoms with E-state index in [1.54, 1.807) is 19.5 Å². The molecule has 3 heterocycles. The first-order valence-electron chi connectivity index (χ1n) is 9.15. The molecule has 0 spiro atoms. The Bertz CT molecular complexity index is 868. The van der Waals surface area contributed by atoms with Crippen LogP contribution in [0.15, 0.2) is 48.8 Å². The lowest BCUT2D eigenvalue weighted by Crippen LogP contribution is -2.21. The lowest BCUT2D eigenvalue weighted by Gasteiger charge is -2.14. The third-order valence-corrected chi connectivity index (χ3v) is 4.77. The van der Waals surface area contributed by atoms with E-state index in [0.717, 1.165) is 54.8 Å². The van der Waals surface area contributed by atoms with Gasteiger partial charge in [-0.05, 0) is 30.7 Å². The van der Waals surface area contributed by atoms with Gasteiger partial charge >= 0.3 is 0 Å². The molecule has 0 aliphatic carbocycles. The Balaban J connectivity index is 1.30. The molecular weight excluding hydrogens is 342 g/mol. The molecule has 2 aromatic heterocycles. The molecule has 140 valence electrons. The van der Waals surface area contributed by atoms with Gasteiger partial charge in [-0.15, -0.1) is 0 Å². The van der Waals surface area contributed by atoms with E-state index in [4.69, 9.17) is 9.47 Å². The van der Waals surface area contributed by atoms with Crippen molar-refractivity contribution in [3.8, 4) is 11.5 Å². The van der Waals surface area contributed by atoms with Gasteiger partial charge in [-0.3, -0.25) is 5.10 Å². The van der Waals surface area contributed by atoms with Gasteiger partial charge in [0.25, 0.3) is 0 Å². The van der Waals surface area contributed by atoms with Gasteiger partial charge in [0, 0.05) is 49.6 Å². The van der Waals surface area contributed by atoms with E-state index in [-0.39, 0.29) is 0 Å². The number of rotatable bonds is 7. The number of aromatic nitrogens is 4. The van der Waals surface area contributed by atoms with Crippen molar-refractivity contribution in [3.05, 3.63) is 60.2 Å². The average Bonchev–Trinajstić information content (AvgIpc) is 3.38. The van der Waals surface area contributed by atoms with Gasteiger partial charge in [-0.25, -0.2) is 9.97 Å². The Labute approximate surface area is 158 Å². The highest BCUT2D eigenvalue weighted by molar-refractivity contribution is 5.34. The second-order valence-electron chi connectivity index (χ2n) is 6.58. The van der Waals surface area contributed by atoms with E-state index in [2.05, 4.69) is 31.1 Å². The maximum Gasteiger partial charge on any atom is 0.225 e. The summed E-state index contributed by atoms with van der Waals surface area (Å²) < 4.78 is 11.0. The molecule has 0 bridgehead atoms. The number of nitrogens with one attached hydrogen (secondary N) is 1. The van der Waals surface area contributed by atoms with E-state index in [0.29, 0.717) is 12.5 Å². The van der Waals surface area contributed by atoms with Crippen LogP contribution in [-0.2, 0) is 6.42 Å². The average molecular weight is 365 g/mol. The van der Waals surface area contributed by atoms with Crippen LogP contribution in [0.2, 0.25) is 0 Å². The predicted molar refractivity (Wildman–Crippen MR) is 102 cm³/mol. The van der Waals surface area contributed by atoms with Crippen LogP contribution in [0.3, 0.4) is 0 Å². The fraction of sp³-hybridized carbons (Fsp3) is 0.350. The van der Waals surface area contributed by atoms with Crippen LogP contribution in [0.5, 0.6) is 11.5 Å². The van der Waals surface area contributed by atoms with E-state index in [1.807, 2.05) is 30.3 Å². The summed E-state index contributed by atoms with van der Waals surface area (Å²) in [6.45, 7) is 2.44. The minimum Gasteiger partial charge on any atom is -0.497 e. The number of benzene rings is 1. The minimum absolute atomic E-state index is 0.401. The number of anilines is 1. The number of ether oxygens (including phenoxy) is 2.